The van der Waals surface area contributed by atoms with Gasteiger partial charge in [-0.3, -0.25) is 14.9 Å². The molecule has 0 aliphatic carbocycles. The predicted octanol–water partition coefficient (Wildman–Crippen LogP) is -1.66. The van der Waals surface area contributed by atoms with Gasteiger partial charge < -0.3 is 30.1 Å². The van der Waals surface area contributed by atoms with E-state index in [-0.39, 0.29) is 11.9 Å². The van der Waals surface area contributed by atoms with Crippen LogP contribution in [-0.2, 0) is 16.9 Å². The molecule has 5 N–H and O–H groups in total. The van der Waals surface area contributed by atoms with Crippen LogP contribution < -0.4 is 0 Å². The number of nitro groups is 1. The number of para-hydroxylation sites is 1. The number of aldehydes is 1. The van der Waals surface area contributed by atoms with E-state index in [0.29, 0.717) is 5.52 Å². The molecule has 10 nitrogen and oxygen atoms in total. The summed E-state index contributed by atoms with van der Waals surface area (Å²) in [5, 5.41) is 62.3. The van der Waals surface area contributed by atoms with E-state index < -0.39 is 46.9 Å². The molecule has 0 unspecified atom stereocenters. The maximum atomic E-state index is 11.4. The number of aromatic nitrogens is 1. The third-order valence-electron chi connectivity index (χ3n) is 4.44. The molecule has 1 heterocycles. The largest absolute Gasteiger partial charge is 0.414 e. The van der Waals surface area contributed by atoms with Crippen LogP contribution in [0.4, 0.5) is 0 Å². The number of terminal acetylenes is 1. The molecule has 0 aliphatic heterocycles. The van der Waals surface area contributed by atoms with Crippen molar-refractivity contribution < 1.29 is 35.3 Å². The normalized spacial score (nSPS) is 18.1. The van der Waals surface area contributed by atoms with E-state index in [0.717, 1.165) is 6.20 Å². The number of rotatable bonds is 8. The second-order valence-electron chi connectivity index (χ2n) is 5.95. The number of aliphatic hydroxyl groups excluding tert-OH is 3. The Balaban J connectivity index is 2.91. The summed E-state index contributed by atoms with van der Waals surface area (Å²) in [7, 11) is 0. The molecule has 144 valence electrons. The Labute approximate surface area is 153 Å². The molecule has 0 aliphatic rings. The fourth-order valence-electron chi connectivity index (χ4n) is 3.01. The molecule has 1 aromatic carbocycles. The lowest BCUT2D eigenvalue weighted by Crippen LogP contribution is -2.66. The maximum Gasteiger partial charge on any atom is 0.414 e. The molecular formula is C17H18N2O8. The first-order valence-corrected chi connectivity index (χ1v) is 7.73. The summed E-state index contributed by atoms with van der Waals surface area (Å²) in [6, 6.07) is 6.13. The van der Waals surface area contributed by atoms with Crippen LogP contribution in [0.15, 0.2) is 30.5 Å². The average Bonchev–Trinajstić information content (AvgIpc) is 3.04. The van der Waals surface area contributed by atoms with Crippen molar-refractivity contribution in [3.8, 4) is 12.3 Å². The summed E-state index contributed by atoms with van der Waals surface area (Å²) >= 11 is 0. The number of hydrogen-bond acceptors (Lipinski definition) is 8. The summed E-state index contributed by atoms with van der Waals surface area (Å²) < 4.78 is 1.40. The number of nitrogens with zero attached hydrogens (tertiary/aromatic N) is 2. The van der Waals surface area contributed by atoms with Crippen molar-refractivity contribution in [2.24, 2.45) is 0 Å². The summed E-state index contributed by atoms with van der Waals surface area (Å²) in [6.07, 6.45) is 1.28. The second-order valence-corrected chi connectivity index (χ2v) is 5.95. The third kappa shape index (κ3) is 2.97. The zero-order valence-corrected chi connectivity index (χ0v) is 14.0. The van der Waals surface area contributed by atoms with Crippen LogP contribution in [0.25, 0.3) is 10.9 Å². The number of aliphatic hydroxyl groups is 5. The topological polar surface area (TPSA) is 166 Å². The molecule has 2 rings (SSSR count). The van der Waals surface area contributed by atoms with Crippen LogP contribution in [0, 0.1) is 22.5 Å². The minimum absolute atomic E-state index is 0.0206. The Bertz CT molecular complexity index is 904. The lowest BCUT2D eigenvalue weighted by molar-refractivity contribution is -0.633. The molecule has 0 saturated carbocycles. The molecule has 0 spiro atoms. The van der Waals surface area contributed by atoms with Crippen molar-refractivity contribution in [1.29, 1.82) is 0 Å². The molecule has 10 heteroatoms. The van der Waals surface area contributed by atoms with Crippen molar-refractivity contribution >= 4 is 17.2 Å². The van der Waals surface area contributed by atoms with Gasteiger partial charge in [0.15, 0.2) is 0 Å². The fraction of sp³-hybridized carbons (Fsp3) is 0.353. The quantitative estimate of drug-likeness (QED) is 0.120. The van der Waals surface area contributed by atoms with E-state index in [1.807, 2.05) is 0 Å². The highest BCUT2D eigenvalue weighted by molar-refractivity contribution is 5.86. The highest BCUT2D eigenvalue weighted by atomic mass is 16.7. The number of hydrogen-bond donors (Lipinski definition) is 5. The summed E-state index contributed by atoms with van der Waals surface area (Å²) in [4.78, 5) is 21.4. The molecule has 0 amide bonds. The van der Waals surface area contributed by atoms with Crippen LogP contribution in [0.2, 0.25) is 0 Å². The van der Waals surface area contributed by atoms with Gasteiger partial charge >= 0.3 is 5.72 Å². The Morgan fingerprint density at radius 1 is 1.33 bits per heavy atom. The monoisotopic (exact) mass is 378 g/mol. The van der Waals surface area contributed by atoms with Gasteiger partial charge in [-0.05, 0) is 6.07 Å². The minimum Gasteiger partial charge on any atom is -0.394 e. The van der Waals surface area contributed by atoms with Gasteiger partial charge in [0.2, 0.25) is 11.9 Å². The smallest absolute Gasteiger partial charge is 0.394 e. The van der Waals surface area contributed by atoms with E-state index in [4.69, 9.17) is 11.5 Å². The number of carbonyl (C=O) groups is 1. The fourth-order valence-corrected chi connectivity index (χ4v) is 3.01. The highest BCUT2D eigenvalue weighted by Crippen LogP contribution is 2.41. The zero-order chi connectivity index (χ0) is 20.4. The first kappa shape index (κ1) is 20.5. The highest BCUT2D eigenvalue weighted by Gasteiger charge is 2.67. The average molecular weight is 378 g/mol. The molecule has 1 aromatic heterocycles. The van der Waals surface area contributed by atoms with Crippen LogP contribution in [-0.4, -0.2) is 65.8 Å². The number of carbonyl (C=O) groups excluding carboxylic acids is 1. The molecule has 0 saturated heterocycles. The van der Waals surface area contributed by atoms with Gasteiger partial charge in [0, 0.05) is 22.7 Å². The standard InChI is InChI=1S/C17H18N2O8/c1-2-7-18-8-12(11-5-3-4-6-13(11)18)17(25,15(23)14(22)9-20)16(24,10-21)19(26)27/h1,3-6,8,10,14-15,20,22-25H,7,9H2/t14-,15+,16+,17+/m1/s1. The van der Waals surface area contributed by atoms with Gasteiger partial charge in [-0.15, -0.1) is 6.42 Å². The van der Waals surface area contributed by atoms with Crippen LogP contribution >= 0.6 is 0 Å². The summed E-state index contributed by atoms with van der Waals surface area (Å²) in [5.41, 5.74) is -7.06. The Kier molecular flexibility index (Phi) is 5.65. The van der Waals surface area contributed by atoms with Crippen LogP contribution in [0.5, 0.6) is 0 Å². The first-order valence-electron chi connectivity index (χ1n) is 7.73. The van der Waals surface area contributed by atoms with Crippen molar-refractivity contribution in [2.45, 2.75) is 30.1 Å². The molecule has 4 atom stereocenters. The van der Waals surface area contributed by atoms with Gasteiger partial charge in [-0.2, -0.15) is 0 Å². The van der Waals surface area contributed by atoms with E-state index in [9.17, 15) is 35.3 Å². The van der Waals surface area contributed by atoms with Crippen molar-refractivity contribution in [3.05, 3.63) is 46.1 Å². The SMILES string of the molecule is C#CCn1cc([C@](O)([C@@H](O)[C@H](O)CO)[C@@](O)(C=O)[N+](=O)[O-])c2ccccc21. The number of fused-ring (bicyclic) bond motifs is 1. The zero-order valence-electron chi connectivity index (χ0n) is 14.0. The molecule has 0 fully saturated rings. The molecule has 2 aromatic rings. The van der Waals surface area contributed by atoms with E-state index in [1.54, 1.807) is 12.1 Å². The first-order chi connectivity index (χ1) is 12.7. The summed E-state index contributed by atoms with van der Waals surface area (Å²) in [5.74, 6) is 2.34. The van der Waals surface area contributed by atoms with Gasteiger partial charge in [-0.1, -0.05) is 24.1 Å². The molecule has 0 bridgehead atoms. The lowest BCUT2D eigenvalue weighted by atomic mass is 9.77. The lowest BCUT2D eigenvalue weighted by Gasteiger charge is -2.38. The van der Waals surface area contributed by atoms with Gasteiger partial charge in [0.05, 0.1) is 18.1 Å². The third-order valence-corrected chi connectivity index (χ3v) is 4.44. The van der Waals surface area contributed by atoms with Gasteiger partial charge in [0.1, 0.15) is 12.2 Å². The van der Waals surface area contributed by atoms with Crippen LogP contribution in [0.3, 0.4) is 0 Å². The number of benzene rings is 1. The Morgan fingerprint density at radius 2 is 1.96 bits per heavy atom. The Morgan fingerprint density at radius 3 is 2.48 bits per heavy atom. The predicted molar refractivity (Wildman–Crippen MR) is 91.8 cm³/mol. The minimum atomic E-state index is -3.73. The van der Waals surface area contributed by atoms with E-state index >= 15 is 0 Å². The molecule has 0 radical (unpaired) electrons. The van der Waals surface area contributed by atoms with Gasteiger partial charge in [-0.25, -0.2) is 0 Å². The molecular weight excluding hydrogens is 360 g/mol. The van der Waals surface area contributed by atoms with Crippen molar-refractivity contribution in [2.75, 3.05) is 6.61 Å². The van der Waals surface area contributed by atoms with E-state index in [2.05, 4.69) is 5.92 Å². The van der Waals surface area contributed by atoms with E-state index in [1.165, 1.54) is 16.7 Å². The molecule has 27 heavy (non-hydrogen) atoms. The second kappa shape index (κ2) is 7.43. The van der Waals surface area contributed by atoms with Gasteiger partial charge in [0.25, 0.3) is 0 Å². The maximum absolute atomic E-state index is 11.4. The van der Waals surface area contributed by atoms with Crippen molar-refractivity contribution in [1.82, 2.24) is 4.57 Å². The van der Waals surface area contributed by atoms with Crippen molar-refractivity contribution in [3.63, 3.8) is 0 Å². The Hall–Kier alpha value is -2.81. The summed E-state index contributed by atoms with van der Waals surface area (Å²) in [6.45, 7) is -1.12. The van der Waals surface area contributed by atoms with Crippen LogP contribution in [0.1, 0.15) is 5.56 Å².